The minimum atomic E-state index is -0.276. The zero-order valence-corrected chi connectivity index (χ0v) is 20.0. The van der Waals surface area contributed by atoms with Gasteiger partial charge in [0.25, 0.3) is 0 Å². The first-order valence-corrected chi connectivity index (χ1v) is 12.7. The number of benzene rings is 2. The molecule has 2 fully saturated rings. The third kappa shape index (κ3) is 3.85. The van der Waals surface area contributed by atoms with Crippen LogP contribution in [0, 0.1) is 17.2 Å². The number of ketones is 1. The summed E-state index contributed by atoms with van der Waals surface area (Å²) in [4.78, 5) is 32.7. The molecule has 2 aromatic carbocycles. The fourth-order valence-electron chi connectivity index (χ4n) is 6.41. The lowest BCUT2D eigenvalue weighted by molar-refractivity contribution is 0.00641. The Morgan fingerprint density at radius 3 is 2.19 bits per heavy atom. The third-order valence-electron chi connectivity index (χ3n) is 8.01. The van der Waals surface area contributed by atoms with Crippen LogP contribution in [-0.4, -0.2) is 40.5 Å². The van der Waals surface area contributed by atoms with Gasteiger partial charge >= 0.3 is 6.09 Å². The zero-order valence-electron chi connectivity index (χ0n) is 20.0. The predicted molar refractivity (Wildman–Crippen MR) is 134 cm³/mol. The average molecular weight is 478 g/mol. The largest absolute Gasteiger partial charge is 0.448 e. The number of hydrogen-bond acceptors (Lipinski definition) is 5. The van der Waals surface area contributed by atoms with E-state index in [2.05, 4.69) is 29.2 Å². The zero-order chi connectivity index (χ0) is 24.6. The SMILES string of the molecule is N#Cc1cccc(C(=O)C2CC3CCCC(C2)N3C(=O)OCC2c3ccccc3-c3ccccc32)n1. The van der Waals surface area contributed by atoms with E-state index in [0.29, 0.717) is 25.1 Å². The fraction of sp³-hybridized carbons (Fsp3) is 0.333. The molecule has 0 spiro atoms. The van der Waals surface area contributed by atoms with Crippen molar-refractivity contribution in [3.05, 3.63) is 89.2 Å². The third-order valence-corrected chi connectivity index (χ3v) is 8.01. The summed E-state index contributed by atoms with van der Waals surface area (Å²) < 4.78 is 5.98. The molecule has 1 amide bonds. The second-order valence-electron chi connectivity index (χ2n) is 10.0. The van der Waals surface area contributed by atoms with Crippen LogP contribution < -0.4 is 0 Å². The van der Waals surface area contributed by atoms with E-state index in [-0.39, 0.29) is 41.5 Å². The van der Waals surface area contributed by atoms with E-state index < -0.39 is 0 Å². The molecule has 1 aromatic heterocycles. The number of nitriles is 1. The summed E-state index contributed by atoms with van der Waals surface area (Å²) in [5, 5.41) is 9.14. The van der Waals surface area contributed by atoms with E-state index in [1.54, 1.807) is 18.2 Å². The molecule has 6 heteroatoms. The molecule has 2 unspecified atom stereocenters. The molecule has 0 N–H and O–H groups in total. The first kappa shape index (κ1) is 22.5. The lowest BCUT2D eigenvalue weighted by Crippen LogP contribution is -2.56. The highest BCUT2D eigenvalue weighted by Crippen LogP contribution is 2.45. The van der Waals surface area contributed by atoms with Crippen molar-refractivity contribution in [3.8, 4) is 17.2 Å². The Labute approximate surface area is 210 Å². The lowest BCUT2D eigenvalue weighted by Gasteiger charge is -2.47. The van der Waals surface area contributed by atoms with Crippen LogP contribution in [0.15, 0.2) is 66.7 Å². The minimum absolute atomic E-state index is 0.0127. The van der Waals surface area contributed by atoms with Crippen molar-refractivity contribution in [2.24, 2.45) is 5.92 Å². The fourth-order valence-corrected chi connectivity index (χ4v) is 6.41. The summed E-state index contributed by atoms with van der Waals surface area (Å²) in [6, 6.07) is 23.6. The molecule has 36 heavy (non-hydrogen) atoms. The van der Waals surface area contributed by atoms with Gasteiger partial charge in [0.1, 0.15) is 24.1 Å². The topological polar surface area (TPSA) is 83.3 Å². The Hall–Kier alpha value is -3.98. The molecule has 2 aliphatic heterocycles. The van der Waals surface area contributed by atoms with Crippen molar-refractivity contribution in [1.29, 1.82) is 5.26 Å². The summed E-state index contributed by atoms with van der Waals surface area (Å²) in [6.07, 6.45) is 3.73. The summed E-state index contributed by atoms with van der Waals surface area (Å²) in [7, 11) is 0. The molecule has 3 aromatic rings. The van der Waals surface area contributed by atoms with Gasteiger partial charge in [-0.05, 0) is 66.5 Å². The number of carbonyl (C=O) groups excluding carboxylic acids is 2. The van der Waals surface area contributed by atoms with Gasteiger partial charge in [0.2, 0.25) is 0 Å². The van der Waals surface area contributed by atoms with Gasteiger partial charge in [-0.15, -0.1) is 0 Å². The van der Waals surface area contributed by atoms with E-state index in [1.165, 1.54) is 22.3 Å². The molecular formula is C30H27N3O3. The van der Waals surface area contributed by atoms with Gasteiger partial charge < -0.3 is 9.64 Å². The Morgan fingerprint density at radius 1 is 0.917 bits per heavy atom. The van der Waals surface area contributed by atoms with Crippen molar-refractivity contribution in [2.75, 3.05) is 6.61 Å². The van der Waals surface area contributed by atoms with Gasteiger partial charge in [-0.1, -0.05) is 54.6 Å². The van der Waals surface area contributed by atoms with Crippen LogP contribution in [0.25, 0.3) is 11.1 Å². The van der Waals surface area contributed by atoms with Crippen molar-refractivity contribution in [3.63, 3.8) is 0 Å². The predicted octanol–water partition coefficient (Wildman–Crippen LogP) is 5.72. The first-order chi connectivity index (χ1) is 17.6. The van der Waals surface area contributed by atoms with Gasteiger partial charge in [0.05, 0.1) is 0 Å². The van der Waals surface area contributed by atoms with Gasteiger partial charge in [-0.25, -0.2) is 9.78 Å². The van der Waals surface area contributed by atoms with E-state index in [0.717, 1.165) is 19.3 Å². The van der Waals surface area contributed by atoms with Gasteiger partial charge in [-0.3, -0.25) is 4.79 Å². The number of piperidine rings is 2. The number of carbonyl (C=O) groups is 2. The average Bonchev–Trinajstić information content (AvgIpc) is 3.24. The number of rotatable bonds is 4. The van der Waals surface area contributed by atoms with Crippen LogP contribution in [-0.2, 0) is 4.74 Å². The summed E-state index contributed by atoms with van der Waals surface area (Å²) >= 11 is 0. The van der Waals surface area contributed by atoms with Crippen molar-refractivity contribution < 1.29 is 14.3 Å². The highest BCUT2D eigenvalue weighted by Gasteiger charge is 2.44. The standard InChI is InChI=1S/C30H27N3O3/c31-17-20-7-5-14-28(32-20)29(34)19-15-21-8-6-9-22(16-19)33(21)30(35)36-18-27-25-12-3-1-10-23(25)24-11-2-4-13-26(24)27/h1-5,7,10-14,19,21-22,27H,6,8-9,15-16,18H2. The van der Waals surface area contributed by atoms with Gasteiger partial charge in [0, 0.05) is 23.9 Å². The van der Waals surface area contributed by atoms with Gasteiger partial charge in [-0.2, -0.15) is 5.26 Å². The molecule has 0 saturated carbocycles. The van der Waals surface area contributed by atoms with E-state index in [1.807, 2.05) is 35.2 Å². The first-order valence-electron chi connectivity index (χ1n) is 12.7. The Balaban J connectivity index is 1.16. The van der Waals surface area contributed by atoms with Crippen LogP contribution in [0.4, 0.5) is 4.79 Å². The number of hydrogen-bond donors (Lipinski definition) is 0. The maximum atomic E-state index is 13.4. The minimum Gasteiger partial charge on any atom is -0.448 e. The monoisotopic (exact) mass is 477 g/mol. The smallest absolute Gasteiger partial charge is 0.410 e. The number of aromatic nitrogens is 1. The molecule has 3 heterocycles. The van der Waals surface area contributed by atoms with E-state index in [9.17, 15) is 9.59 Å². The molecule has 3 aliphatic rings. The maximum absolute atomic E-state index is 13.4. The number of Topliss-reactive ketones (excluding diaryl/α,β-unsaturated/α-hetero) is 1. The maximum Gasteiger partial charge on any atom is 0.410 e. The number of ether oxygens (including phenoxy) is 1. The highest BCUT2D eigenvalue weighted by atomic mass is 16.6. The number of pyridine rings is 1. The molecule has 2 atom stereocenters. The quantitative estimate of drug-likeness (QED) is 0.449. The van der Waals surface area contributed by atoms with Crippen LogP contribution >= 0.6 is 0 Å². The number of amides is 1. The van der Waals surface area contributed by atoms with Crippen LogP contribution in [0.5, 0.6) is 0 Å². The van der Waals surface area contributed by atoms with Crippen LogP contribution in [0.3, 0.4) is 0 Å². The molecule has 2 saturated heterocycles. The van der Waals surface area contributed by atoms with Crippen LogP contribution in [0.1, 0.15) is 65.3 Å². The van der Waals surface area contributed by atoms with E-state index >= 15 is 0 Å². The molecular weight excluding hydrogens is 450 g/mol. The molecule has 1 aliphatic carbocycles. The summed E-state index contributed by atoms with van der Waals surface area (Å²) in [5.74, 6) is -0.200. The summed E-state index contributed by atoms with van der Waals surface area (Å²) in [5.41, 5.74) is 5.40. The normalized spacial score (nSPS) is 22.3. The Bertz CT molecular complexity index is 1320. The Kier molecular flexibility index (Phi) is 5.77. The molecule has 2 bridgehead atoms. The van der Waals surface area contributed by atoms with Gasteiger partial charge in [0.15, 0.2) is 5.78 Å². The second-order valence-corrected chi connectivity index (χ2v) is 10.0. The molecule has 180 valence electrons. The van der Waals surface area contributed by atoms with E-state index in [4.69, 9.17) is 10.00 Å². The number of nitrogens with zero attached hydrogens (tertiary/aromatic N) is 3. The van der Waals surface area contributed by atoms with Crippen molar-refractivity contribution in [2.45, 2.75) is 50.1 Å². The molecule has 6 nitrogen and oxygen atoms in total. The Morgan fingerprint density at radius 2 is 1.56 bits per heavy atom. The second kappa shape index (κ2) is 9.23. The molecule has 6 rings (SSSR count). The van der Waals surface area contributed by atoms with Crippen molar-refractivity contribution in [1.82, 2.24) is 9.88 Å². The van der Waals surface area contributed by atoms with Crippen LogP contribution in [0.2, 0.25) is 0 Å². The number of fused-ring (bicyclic) bond motifs is 5. The highest BCUT2D eigenvalue weighted by molar-refractivity contribution is 5.96. The lowest BCUT2D eigenvalue weighted by atomic mass is 9.76. The summed E-state index contributed by atoms with van der Waals surface area (Å²) in [6.45, 7) is 0.302. The van der Waals surface area contributed by atoms with Crippen molar-refractivity contribution >= 4 is 11.9 Å². The molecule has 0 radical (unpaired) electrons.